The normalized spacial score (nSPS) is 11.6. The number of aldehydes is 1. The van der Waals surface area contributed by atoms with Crippen LogP contribution in [0.1, 0.15) is 42.4 Å². The van der Waals surface area contributed by atoms with Crippen LogP contribution in [0.3, 0.4) is 0 Å². The Balaban J connectivity index is 2.32. The zero-order valence-corrected chi connectivity index (χ0v) is 11.4. The Labute approximate surface area is 112 Å². The second kappa shape index (κ2) is 4.96. The van der Waals surface area contributed by atoms with Crippen LogP contribution in [-0.4, -0.2) is 16.1 Å². The molecule has 0 bridgehead atoms. The van der Waals surface area contributed by atoms with Crippen molar-refractivity contribution in [1.29, 1.82) is 0 Å². The van der Waals surface area contributed by atoms with Gasteiger partial charge in [-0.3, -0.25) is 9.48 Å². The summed E-state index contributed by atoms with van der Waals surface area (Å²) in [6, 6.07) is 6.38. The molecule has 0 spiro atoms. The molecule has 0 fully saturated rings. The van der Waals surface area contributed by atoms with Crippen molar-refractivity contribution in [3.63, 3.8) is 0 Å². The molecule has 0 saturated carbocycles. The number of carbonyl (C=O) groups is 1. The van der Waals surface area contributed by atoms with E-state index in [9.17, 15) is 9.18 Å². The highest BCUT2D eigenvalue weighted by Gasteiger charge is 2.22. The summed E-state index contributed by atoms with van der Waals surface area (Å²) in [5.41, 5.74) is 1.98. The van der Waals surface area contributed by atoms with E-state index < -0.39 is 0 Å². The summed E-state index contributed by atoms with van der Waals surface area (Å²) >= 11 is 0. The highest BCUT2D eigenvalue weighted by atomic mass is 19.1. The number of benzene rings is 1. The molecule has 19 heavy (non-hydrogen) atoms. The van der Waals surface area contributed by atoms with Crippen LogP contribution in [0.2, 0.25) is 0 Å². The summed E-state index contributed by atoms with van der Waals surface area (Å²) in [5.74, 6) is -0.267. The minimum Gasteiger partial charge on any atom is -0.298 e. The molecule has 1 aromatic carbocycles. The van der Waals surface area contributed by atoms with Gasteiger partial charge in [-0.05, 0) is 17.7 Å². The quantitative estimate of drug-likeness (QED) is 0.794. The van der Waals surface area contributed by atoms with Crippen LogP contribution >= 0.6 is 0 Å². The third-order valence-corrected chi connectivity index (χ3v) is 2.86. The van der Waals surface area contributed by atoms with E-state index in [1.165, 1.54) is 12.1 Å². The Morgan fingerprint density at radius 2 is 2.11 bits per heavy atom. The molecule has 0 atom stereocenters. The first-order valence-corrected chi connectivity index (χ1v) is 6.17. The number of aromatic nitrogens is 2. The van der Waals surface area contributed by atoms with Gasteiger partial charge < -0.3 is 0 Å². The zero-order chi connectivity index (χ0) is 14.0. The van der Waals surface area contributed by atoms with Crippen LogP contribution in [0.5, 0.6) is 0 Å². The number of carbonyl (C=O) groups excluding carboxylic acids is 1. The molecule has 0 aliphatic rings. The first-order valence-electron chi connectivity index (χ1n) is 6.17. The van der Waals surface area contributed by atoms with E-state index in [1.807, 2.05) is 26.8 Å². The summed E-state index contributed by atoms with van der Waals surface area (Å²) < 4.78 is 14.8. The van der Waals surface area contributed by atoms with Gasteiger partial charge in [-0.1, -0.05) is 32.9 Å². The smallest absolute Gasteiger partial charge is 0.153 e. The zero-order valence-electron chi connectivity index (χ0n) is 11.4. The lowest BCUT2D eigenvalue weighted by molar-refractivity contribution is 0.112. The lowest BCUT2D eigenvalue weighted by Crippen LogP contribution is -2.15. The van der Waals surface area contributed by atoms with Crippen LogP contribution < -0.4 is 0 Å². The molecule has 0 unspecified atom stereocenters. The largest absolute Gasteiger partial charge is 0.298 e. The first kappa shape index (κ1) is 13.5. The Morgan fingerprint density at radius 1 is 1.37 bits per heavy atom. The van der Waals surface area contributed by atoms with Crippen molar-refractivity contribution in [3.8, 4) is 0 Å². The van der Waals surface area contributed by atoms with Crippen LogP contribution in [0.25, 0.3) is 0 Å². The van der Waals surface area contributed by atoms with Gasteiger partial charge in [0.2, 0.25) is 0 Å². The molecule has 0 amide bonds. The maximum Gasteiger partial charge on any atom is 0.153 e. The van der Waals surface area contributed by atoms with Crippen molar-refractivity contribution >= 4 is 6.29 Å². The third-order valence-electron chi connectivity index (χ3n) is 2.86. The lowest BCUT2D eigenvalue weighted by atomic mass is 9.90. The number of halogens is 1. The van der Waals surface area contributed by atoms with E-state index in [-0.39, 0.29) is 11.2 Å². The predicted octanol–water partition coefficient (Wildman–Crippen LogP) is 3.18. The topological polar surface area (TPSA) is 34.9 Å². The van der Waals surface area contributed by atoms with Gasteiger partial charge >= 0.3 is 0 Å². The van der Waals surface area contributed by atoms with Crippen LogP contribution in [-0.2, 0) is 12.0 Å². The van der Waals surface area contributed by atoms with E-state index >= 15 is 0 Å². The van der Waals surface area contributed by atoms with Gasteiger partial charge in [-0.15, -0.1) is 0 Å². The third kappa shape index (κ3) is 3.08. The maximum atomic E-state index is 13.1. The molecule has 1 aromatic heterocycles. The maximum absolute atomic E-state index is 13.1. The van der Waals surface area contributed by atoms with Gasteiger partial charge in [-0.2, -0.15) is 5.10 Å². The van der Waals surface area contributed by atoms with Crippen molar-refractivity contribution in [1.82, 2.24) is 9.78 Å². The molecule has 0 radical (unpaired) electrons. The summed E-state index contributed by atoms with van der Waals surface area (Å²) in [6.07, 6.45) is 2.52. The monoisotopic (exact) mass is 260 g/mol. The summed E-state index contributed by atoms with van der Waals surface area (Å²) in [5, 5.41) is 4.44. The molecular weight excluding hydrogens is 243 g/mol. The summed E-state index contributed by atoms with van der Waals surface area (Å²) in [4.78, 5) is 11.1. The van der Waals surface area contributed by atoms with Gasteiger partial charge in [0.25, 0.3) is 0 Å². The van der Waals surface area contributed by atoms with E-state index in [2.05, 4.69) is 5.10 Å². The number of nitrogens with zero attached hydrogens (tertiary/aromatic N) is 2. The highest BCUT2D eigenvalue weighted by Crippen LogP contribution is 2.23. The molecule has 0 aliphatic carbocycles. The predicted molar refractivity (Wildman–Crippen MR) is 71.8 cm³/mol. The average Bonchev–Trinajstić information content (AvgIpc) is 2.72. The number of hydrogen-bond donors (Lipinski definition) is 0. The minimum absolute atomic E-state index is 0.191. The lowest BCUT2D eigenvalue weighted by Gasteiger charge is -2.15. The number of hydrogen-bond acceptors (Lipinski definition) is 2. The van der Waals surface area contributed by atoms with E-state index in [0.717, 1.165) is 17.5 Å². The summed E-state index contributed by atoms with van der Waals surface area (Å²) in [7, 11) is 0. The molecule has 0 N–H and O–H groups in total. The van der Waals surface area contributed by atoms with E-state index in [1.54, 1.807) is 16.9 Å². The molecule has 1 heterocycles. The molecule has 0 saturated heterocycles. The Kier molecular flexibility index (Phi) is 3.51. The molecule has 2 aromatic rings. The van der Waals surface area contributed by atoms with Crippen molar-refractivity contribution in [2.75, 3.05) is 0 Å². The SMILES string of the molecule is CC(C)(C)c1nn(Cc2cccc(F)c2)cc1C=O. The molecular formula is C15H17FN2O. The van der Waals surface area contributed by atoms with Crippen molar-refractivity contribution in [2.45, 2.75) is 32.7 Å². The Morgan fingerprint density at radius 3 is 2.63 bits per heavy atom. The van der Waals surface area contributed by atoms with Gasteiger partial charge in [0, 0.05) is 11.6 Å². The van der Waals surface area contributed by atoms with Gasteiger partial charge in [0.05, 0.1) is 17.8 Å². The second-order valence-electron chi connectivity index (χ2n) is 5.63. The first-order chi connectivity index (χ1) is 8.90. The fraction of sp³-hybridized carbons (Fsp3) is 0.333. The van der Waals surface area contributed by atoms with Crippen LogP contribution in [0.15, 0.2) is 30.5 Å². The van der Waals surface area contributed by atoms with Crippen molar-refractivity contribution < 1.29 is 9.18 Å². The van der Waals surface area contributed by atoms with E-state index in [0.29, 0.717) is 12.1 Å². The molecule has 0 aliphatic heterocycles. The molecule has 3 nitrogen and oxygen atoms in total. The molecule has 100 valence electrons. The van der Waals surface area contributed by atoms with Crippen molar-refractivity contribution in [3.05, 3.63) is 53.1 Å². The summed E-state index contributed by atoms with van der Waals surface area (Å²) in [6.45, 7) is 6.48. The Bertz CT molecular complexity index is 596. The average molecular weight is 260 g/mol. The van der Waals surface area contributed by atoms with Gasteiger partial charge in [-0.25, -0.2) is 4.39 Å². The number of rotatable bonds is 3. The fourth-order valence-corrected chi connectivity index (χ4v) is 2.01. The molecule has 4 heteroatoms. The van der Waals surface area contributed by atoms with Crippen LogP contribution in [0.4, 0.5) is 4.39 Å². The van der Waals surface area contributed by atoms with Gasteiger partial charge in [0.15, 0.2) is 6.29 Å². The van der Waals surface area contributed by atoms with Crippen LogP contribution in [0, 0.1) is 5.82 Å². The standard InChI is InChI=1S/C15H17FN2O/c1-15(2,3)14-12(10-19)9-18(17-14)8-11-5-4-6-13(16)7-11/h4-7,9-10H,8H2,1-3H3. The minimum atomic E-state index is -0.267. The second-order valence-corrected chi connectivity index (χ2v) is 5.63. The van der Waals surface area contributed by atoms with Crippen molar-refractivity contribution in [2.24, 2.45) is 0 Å². The Hall–Kier alpha value is -1.97. The highest BCUT2D eigenvalue weighted by molar-refractivity contribution is 5.76. The molecule has 2 rings (SSSR count). The van der Waals surface area contributed by atoms with E-state index in [4.69, 9.17) is 0 Å². The fourth-order valence-electron chi connectivity index (χ4n) is 2.01. The van der Waals surface area contributed by atoms with Gasteiger partial charge in [0.1, 0.15) is 5.82 Å².